The molecule has 4 aliphatic rings. The summed E-state index contributed by atoms with van der Waals surface area (Å²) in [6.07, 6.45) is 6.87. The van der Waals surface area contributed by atoms with Crippen molar-refractivity contribution in [1.29, 1.82) is 5.26 Å². The molecule has 9 nitrogen and oxygen atoms in total. The lowest BCUT2D eigenvalue weighted by atomic mass is 9.48. The summed E-state index contributed by atoms with van der Waals surface area (Å²) >= 11 is 0. The Balaban J connectivity index is 1.24. The van der Waals surface area contributed by atoms with E-state index in [-0.39, 0.29) is 17.6 Å². The van der Waals surface area contributed by atoms with E-state index in [2.05, 4.69) is 32.0 Å². The number of nitrogens with one attached hydrogen (secondary N) is 3. The molecule has 6 rings (SSSR count). The molecule has 4 fully saturated rings. The number of carbonyl (C=O) groups is 1. The number of benzene rings is 1. The van der Waals surface area contributed by atoms with E-state index in [4.69, 9.17) is 9.47 Å². The van der Waals surface area contributed by atoms with Crippen molar-refractivity contribution in [1.82, 2.24) is 15.3 Å². The maximum Gasteiger partial charge on any atom is 0.407 e. The van der Waals surface area contributed by atoms with E-state index in [1.165, 1.54) is 6.42 Å². The zero-order chi connectivity index (χ0) is 26.9. The number of hydrogen-bond acceptors (Lipinski definition) is 8. The van der Waals surface area contributed by atoms with E-state index in [1.807, 2.05) is 45.0 Å². The Kier molecular flexibility index (Phi) is 7.08. The largest absolute Gasteiger partial charge is 0.496 e. The summed E-state index contributed by atoms with van der Waals surface area (Å²) in [4.78, 5) is 21.5. The highest BCUT2D eigenvalue weighted by atomic mass is 16.6. The normalized spacial score (nSPS) is 27.3. The first-order valence-electron chi connectivity index (χ1n) is 13.5. The van der Waals surface area contributed by atoms with Gasteiger partial charge in [-0.3, -0.25) is 0 Å². The van der Waals surface area contributed by atoms with Crippen LogP contribution in [0.4, 0.5) is 16.6 Å². The van der Waals surface area contributed by atoms with E-state index >= 15 is 0 Å². The quantitative estimate of drug-likeness (QED) is 0.441. The van der Waals surface area contributed by atoms with Crippen LogP contribution >= 0.6 is 0 Å². The molecule has 4 aliphatic carbocycles. The number of nitriles is 1. The number of amides is 1. The van der Waals surface area contributed by atoms with E-state index in [1.54, 1.807) is 13.3 Å². The lowest BCUT2D eigenvalue weighted by Gasteiger charge is -2.60. The number of alkyl carbamates (subject to hydrolysis) is 1. The summed E-state index contributed by atoms with van der Waals surface area (Å²) in [7, 11) is 1.65. The van der Waals surface area contributed by atoms with E-state index in [9.17, 15) is 10.1 Å². The van der Waals surface area contributed by atoms with Crippen LogP contribution in [-0.2, 0) is 11.3 Å². The molecule has 4 bridgehead atoms. The van der Waals surface area contributed by atoms with Gasteiger partial charge in [-0.05, 0) is 82.1 Å². The summed E-state index contributed by atoms with van der Waals surface area (Å²) in [6.45, 7) is 6.95. The monoisotopic (exact) mass is 518 g/mol. The first-order valence-corrected chi connectivity index (χ1v) is 13.5. The number of para-hydroxylation sites is 1. The molecule has 1 aromatic carbocycles. The SMILES string of the molecule is COc1ccccc1CNc1ncc(C#N)c(NCC23CC4C[C@H](C2)C(NC(=O)OC(C)(C)C)[C@@H](C4)C3)n1. The summed E-state index contributed by atoms with van der Waals surface area (Å²) in [5, 5.41) is 19.7. The van der Waals surface area contributed by atoms with Crippen LogP contribution in [0.1, 0.15) is 64.0 Å². The van der Waals surface area contributed by atoms with Gasteiger partial charge in [0, 0.05) is 24.7 Å². The fourth-order valence-corrected chi connectivity index (χ4v) is 7.07. The molecule has 4 saturated carbocycles. The Bertz CT molecular complexity index is 1200. The number of nitrogens with zero attached hydrogens (tertiary/aromatic N) is 3. The molecular formula is C29H38N6O3. The molecule has 9 heteroatoms. The Hall–Kier alpha value is -3.54. The Labute approximate surface area is 224 Å². The van der Waals surface area contributed by atoms with E-state index < -0.39 is 5.60 Å². The molecule has 5 atom stereocenters. The molecular weight excluding hydrogens is 480 g/mol. The fraction of sp³-hybridized carbons (Fsp3) is 0.586. The third-order valence-electron chi connectivity index (χ3n) is 8.25. The van der Waals surface area contributed by atoms with Crippen LogP contribution < -0.4 is 20.7 Å². The maximum absolute atomic E-state index is 12.5. The number of carbonyl (C=O) groups excluding carboxylic acids is 1. The molecule has 3 N–H and O–H groups in total. The van der Waals surface area contributed by atoms with Crippen molar-refractivity contribution >= 4 is 17.9 Å². The van der Waals surface area contributed by atoms with Gasteiger partial charge in [-0.2, -0.15) is 10.2 Å². The number of ether oxygens (including phenoxy) is 2. The van der Waals surface area contributed by atoms with Crippen molar-refractivity contribution in [2.45, 2.75) is 71.1 Å². The first kappa shape index (κ1) is 26.1. The lowest BCUT2D eigenvalue weighted by Crippen LogP contribution is -2.60. The molecule has 0 radical (unpaired) electrons. The molecule has 0 spiro atoms. The number of aromatic nitrogens is 2. The highest BCUT2D eigenvalue weighted by molar-refractivity contribution is 5.68. The van der Waals surface area contributed by atoms with Crippen molar-refractivity contribution in [2.75, 3.05) is 24.3 Å². The predicted molar refractivity (Wildman–Crippen MR) is 145 cm³/mol. The van der Waals surface area contributed by atoms with Gasteiger partial charge < -0.3 is 25.4 Å². The van der Waals surface area contributed by atoms with Crippen molar-refractivity contribution in [3.63, 3.8) is 0 Å². The minimum atomic E-state index is -0.502. The molecule has 0 aliphatic heterocycles. The zero-order valence-corrected chi connectivity index (χ0v) is 22.7. The van der Waals surface area contributed by atoms with Crippen molar-refractivity contribution in [2.24, 2.45) is 23.2 Å². The maximum atomic E-state index is 12.5. The molecule has 1 amide bonds. The van der Waals surface area contributed by atoms with Gasteiger partial charge >= 0.3 is 6.09 Å². The highest BCUT2D eigenvalue weighted by Gasteiger charge is 2.55. The second-order valence-electron chi connectivity index (χ2n) is 12.2. The Morgan fingerprint density at radius 1 is 1.16 bits per heavy atom. The molecule has 0 saturated heterocycles. The molecule has 1 heterocycles. The third-order valence-corrected chi connectivity index (χ3v) is 8.25. The summed E-state index contributed by atoms with van der Waals surface area (Å²) < 4.78 is 11.0. The van der Waals surface area contributed by atoms with Gasteiger partial charge in [0.05, 0.1) is 13.3 Å². The van der Waals surface area contributed by atoms with Crippen molar-refractivity contribution < 1.29 is 14.3 Å². The summed E-state index contributed by atoms with van der Waals surface area (Å²) in [5.41, 5.74) is 1.08. The minimum absolute atomic E-state index is 0.144. The van der Waals surface area contributed by atoms with Gasteiger partial charge in [-0.1, -0.05) is 18.2 Å². The minimum Gasteiger partial charge on any atom is -0.496 e. The van der Waals surface area contributed by atoms with Gasteiger partial charge in [0.15, 0.2) is 0 Å². The number of hydrogen-bond donors (Lipinski definition) is 3. The second-order valence-corrected chi connectivity index (χ2v) is 12.2. The highest BCUT2D eigenvalue weighted by Crippen LogP contribution is 2.60. The average molecular weight is 519 g/mol. The molecule has 2 aromatic rings. The molecule has 1 aromatic heterocycles. The lowest BCUT2D eigenvalue weighted by molar-refractivity contribution is -0.0703. The molecule has 3 unspecified atom stereocenters. The zero-order valence-electron chi connectivity index (χ0n) is 22.7. The topological polar surface area (TPSA) is 121 Å². The van der Waals surface area contributed by atoms with Gasteiger partial charge in [-0.15, -0.1) is 0 Å². The summed E-state index contributed by atoms with van der Waals surface area (Å²) in [5.74, 6) is 3.41. The van der Waals surface area contributed by atoms with Crippen LogP contribution in [0.2, 0.25) is 0 Å². The summed E-state index contributed by atoms with van der Waals surface area (Å²) in [6, 6.07) is 10.2. The smallest absolute Gasteiger partial charge is 0.407 e. The Morgan fingerprint density at radius 2 is 1.89 bits per heavy atom. The van der Waals surface area contributed by atoms with Gasteiger partial charge in [0.2, 0.25) is 5.95 Å². The van der Waals surface area contributed by atoms with Crippen molar-refractivity contribution in [3.05, 3.63) is 41.6 Å². The van der Waals surface area contributed by atoms with Crippen molar-refractivity contribution in [3.8, 4) is 11.8 Å². The van der Waals surface area contributed by atoms with Crippen LogP contribution in [0.15, 0.2) is 30.5 Å². The predicted octanol–water partition coefficient (Wildman–Crippen LogP) is 5.10. The van der Waals surface area contributed by atoms with Crippen LogP contribution in [0.25, 0.3) is 0 Å². The van der Waals surface area contributed by atoms with Gasteiger partial charge in [0.1, 0.15) is 28.8 Å². The first-order chi connectivity index (χ1) is 18.2. The van der Waals surface area contributed by atoms with Crippen LogP contribution in [-0.4, -0.2) is 41.4 Å². The number of rotatable bonds is 8. The molecule has 38 heavy (non-hydrogen) atoms. The van der Waals surface area contributed by atoms with E-state index in [0.29, 0.717) is 41.6 Å². The molecule has 202 valence electrons. The van der Waals surface area contributed by atoms with Crippen LogP contribution in [0, 0.1) is 34.5 Å². The van der Waals surface area contributed by atoms with Crippen LogP contribution in [0.3, 0.4) is 0 Å². The average Bonchev–Trinajstić information content (AvgIpc) is 2.87. The van der Waals surface area contributed by atoms with Gasteiger partial charge in [-0.25, -0.2) is 9.78 Å². The number of methoxy groups -OCH3 is 1. The standard InChI is InChI=1S/C29H38N6O3/c1-28(2,3)38-27(36)34-24-20-9-18-10-21(24)13-29(11-18,12-20)17-33-25-22(14-30)16-32-26(35-25)31-15-19-7-5-6-8-23(19)37-4/h5-8,16,18,20-21,24H,9-13,15,17H2,1-4H3,(H,34,36)(H2,31,32,33,35)/t18?,20-,21+,24?,29?. The fourth-order valence-electron chi connectivity index (χ4n) is 7.07. The second kappa shape index (κ2) is 10.3. The third kappa shape index (κ3) is 5.64. The Morgan fingerprint density at radius 3 is 2.58 bits per heavy atom. The van der Waals surface area contributed by atoms with Gasteiger partial charge in [0.25, 0.3) is 0 Å². The van der Waals surface area contributed by atoms with Crippen LogP contribution in [0.5, 0.6) is 5.75 Å². The number of anilines is 2. The van der Waals surface area contributed by atoms with E-state index in [0.717, 1.165) is 43.5 Å².